The van der Waals surface area contributed by atoms with Crippen molar-refractivity contribution in [3.63, 3.8) is 0 Å². The molecule has 3 nitrogen and oxygen atoms in total. The van der Waals surface area contributed by atoms with Gasteiger partial charge in [0, 0.05) is 5.57 Å². The Balaban J connectivity index is 1.78. The molecule has 0 aromatic heterocycles. The zero-order valence-corrected chi connectivity index (χ0v) is 22.8. The molecule has 182 valence electrons. The van der Waals surface area contributed by atoms with Crippen LogP contribution in [0.3, 0.4) is 0 Å². The van der Waals surface area contributed by atoms with Crippen LogP contribution in [0.1, 0.15) is 13.3 Å². The van der Waals surface area contributed by atoms with Gasteiger partial charge in [-0.15, -0.1) is 0 Å². The molecule has 0 saturated heterocycles. The van der Waals surface area contributed by atoms with Crippen molar-refractivity contribution in [2.75, 3.05) is 6.61 Å². The van der Waals surface area contributed by atoms with Crippen molar-refractivity contribution in [3.8, 4) is 0 Å². The van der Waals surface area contributed by atoms with E-state index in [1.54, 1.807) is 6.92 Å². The summed E-state index contributed by atoms with van der Waals surface area (Å²) in [5.74, 6) is -0.338. The van der Waals surface area contributed by atoms with Gasteiger partial charge in [-0.3, -0.25) is 0 Å². The molecule has 0 bridgehead atoms. The summed E-state index contributed by atoms with van der Waals surface area (Å²) in [7, 11) is -4.80. The van der Waals surface area contributed by atoms with Crippen molar-refractivity contribution in [3.05, 3.63) is 133 Å². The molecule has 0 spiro atoms. The Hall–Kier alpha value is -3.52. The smallest absolute Gasteiger partial charge is 0.333 e. The highest BCUT2D eigenvalue weighted by Gasteiger charge is 2.43. The average Bonchev–Trinajstić information content (AvgIpc) is 2.94. The summed E-state index contributed by atoms with van der Waals surface area (Å²) in [6.07, 6.45) is 0.744. The first-order valence-corrected chi connectivity index (χ1v) is 16.1. The molecule has 1 atom stereocenters. The van der Waals surface area contributed by atoms with Crippen molar-refractivity contribution in [2.45, 2.75) is 19.4 Å². The largest absolute Gasteiger partial charge is 0.462 e. The predicted molar refractivity (Wildman–Crippen MR) is 153 cm³/mol. The highest BCUT2D eigenvalue weighted by atomic mass is 28.4. The molecule has 0 saturated carbocycles. The van der Waals surface area contributed by atoms with Crippen LogP contribution in [-0.2, 0) is 13.6 Å². The maximum Gasteiger partial charge on any atom is 0.333 e. The zero-order chi connectivity index (χ0) is 25.2. The quantitative estimate of drug-likeness (QED) is 0.102. The van der Waals surface area contributed by atoms with E-state index in [9.17, 15) is 4.79 Å². The monoisotopic (exact) mass is 508 g/mol. The van der Waals surface area contributed by atoms with Crippen LogP contribution in [0, 0.1) is 0 Å². The Kier molecular flexibility index (Phi) is 8.84. The number of hydrogen-bond acceptors (Lipinski definition) is 3. The maximum atomic E-state index is 11.9. The van der Waals surface area contributed by atoms with Crippen LogP contribution in [0.25, 0.3) is 0 Å². The van der Waals surface area contributed by atoms with E-state index in [-0.39, 0.29) is 5.97 Å². The van der Waals surface area contributed by atoms with Crippen molar-refractivity contribution in [2.24, 2.45) is 0 Å². The van der Waals surface area contributed by atoms with E-state index >= 15 is 0 Å². The van der Waals surface area contributed by atoms with Crippen molar-refractivity contribution >= 4 is 44.1 Å². The Bertz CT molecular complexity index is 1150. The molecule has 0 aliphatic heterocycles. The molecule has 1 unspecified atom stereocenters. The number of ether oxygens (including phenoxy) is 1. The number of benzene rings is 4. The van der Waals surface area contributed by atoms with Gasteiger partial charge in [0.05, 0.1) is 6.61 Å². The van der Waals surface area contributed by atoms with E-state index in [0.29, 0.717) is 12.2 Å². The van der Waals surface area contributed by atoms with Gasteiger partial charge in [-0.25, -0.2) is 4.79 Å². The van der Waals surface area contributed by atoms with E-state index in [0.717, 1.165) is 12.5 Å². The van der Waals surface area contributed by atoms with Crippen molar-refractivity contribution in [1.29, 1.82) is 0 Å². The Labute approximate surface area is 216 Å². The van der Waals surface area contributed by atoms with Gasteiger partial charge in [0.25, 0.3) is 8.32 Å². The van der Waals surface area contributed by atoms with Crippen LogP contribution in [0.15, 0.2) is 133 Å². The van der Waals surface area contributed by atoms with E-state index in [1.807, 2.05) is 6.07 Å². The van der Waals surface area contributed by atoms with Crippen LogP contribution >= 0.6 is 0 Å². The number of hydrogen-bond donors (Lipinski definition) is 0. The first kappa shape index (κ1) is 25.6. The van der Waals surface area contributed by atoms with Crippen molar-refractivity contribution in [1.82, 2.24) is 0 Å². The lowest BCUT2D eigenvalue weighted by atomic mass is 10.3. The number of carbonyl (C=O) groups is 1. The van der Waals surface area contributed by atoms with Gasteiger partial charge in [-0.2, -0.15) is 0 Å². The number of carbonyl (C=O) groups excluding carboxylic acids is 1. The molecule has 5 heteroatoms. The van der Waals surface area contributed by atoms with Gasteiger partial charge in [0.1, 0.15) is 0 Å². The molecule has 0 aliphatic carbocycles. The fraction of sp³-hybridized carbons (Fsp3) is 0.129. The topological polar surface area (TPSA) is 35.5 Å². The molecule has 0 amide bonds. The third-order valence-electron chi connectivity index (χ3n) is 6.22. The highest BCUT2D eigenvalue weighted by Crippen LogP contribution is 2.14. The Morgan fingerprint density at radius 1 is 0.722 bits per heavy atom. The first-order chi connectivity index (χ1) is 17.6. The second-order valence-corrected chi connectivity index (χ2v) is 15.1. The Morgan fingerprint density at radius 3 is 1.56 bits per heavy atom. The SMILES string of the molecule is C=C(C)C(=O)OCCC[SiH](O[Si](c1ccccc1)(c1ccccc1)c1ccccc1)c1ccccc1. The first-order valence-electron chi connectivity index (χ1n) is 12.3. The lowest BCUT2D eigenvalue weighted by Gasteiger charge is -2.37. The molecule has 4 rings (SSSR count). The average molecular weight is 509 g/mol. The fourth-order valence-corrected chi connectivity index (χ4v) is 13.3. The van der Waals surface area contributed by atoms with Crippen LogP contribution in [0.5, 0.6) is 0 Å². The van der Waals surface area contributed by atoms with Crippen LogP contribution < -0.4 is 20.7 Å². The van der Waals surface area contributed by atoms with Crippen LogP contribution in [-0.4, -0.2) is 29.9 Å². The van der Waals surface area contributed by atoms with Gasteiger partial charge < -0.3 is 8.85 Å². The predicted octanol–water partition coefficient (Wildman–Crippen LogP) is 3.81. The lowest BCUT2D eigenvalue weighted by Crippen LogP contribution is -2.71. The second kappa shape index (κ2) is 12.4. The summed E-state index contributed by atoms with van der Waals surface area (Å²) < 4.78 is 13.0. The standard InChI is InChI=1S/C31H32O3Si2/c1-26(2)31(32)33-24-15-25-35(27-16-7-3-8-17-27)34-36(28-18-9-4-10-19-28,29-20-11-5-12-21-29)30-22-13-6-14-23-30/h3-14,16-23,35H,1,15,24-25H2,2H3. The molecule has 0 fully saturated rings. The fourth-order valence-electron chi connectivity index (χ4n) is 4.45. The van der Waals surface area contributed by atoms with Gasteiger partial charge >= 0.3 is 5.97 Å². The second-order valence-electron chi connectivity index (χ2n) is 8.85. The van der Waals surface area contributed by atoms with Gasteiger partial charge in [0.2, 0.25) is 0 Å². The minimum atomic E-state index is -2.83. The van der Waals surface area contributed by atoms with E-state index < -0.39 is 17.4 Å². The van der Waals surface area contributed by atoms with E-state index in [4.69, 9.17) is 8.85 Å². The summed E-state index contributed by atoms with van der Waals surface area (Å²) in [5.41, 5.74) is 0.423. The molecule has 0 heterocycles. The molecular formula is C31H32O3Si2. The Morgan fingerprint density at radius 2 is 1.14 bits per heavy atom. The summed E-state index contributed by atoms with van der Waals surface area (Å²) >= 11 is 0. The minimum absolute atomic E-state index is 0.338. The molecule has 4 aromatic rings. The van der Waals surface area contributed by atoms with Gasteiger partial charge in [-0.1, -0.05) is 128 Å². The van der Waals surface area contributed by atoms with Crippen LogP contribution in [0.2, 0.25) is 6.04 Å². The maximum absolute atomic E-state index is 11.9. The molecular weight excluding hydrogens is 477 g/mol. The molecule has 0 radical (unpaired) electrons. The summed E-state index contributed by atoms with van der Waals surface area (Å²) in [6.45, 7) is 5.72. The summed E-state index contributed by atoms with van der Waals surface area (Å²) in [6, 6.07) is 43.4. The third kappa shape index (κ3) is 6.00. The molecule has 0 N–H and O–H groups in total. The molecule has 4 aromatic carbocycles. The van der Waals surface area contributed by atoms with E-state index in [2.05, 4.69) is 122 Å². The normalized spacial score (nSPS) is 12.0. The van der Waals surface area contributed by atoms with Gasteiger partial charge in [0.15, 0.2) is 9.04 Å². The highest BCUT2D eigenvalue weighted by molar-refractivity contribution is 7.10. The number of esters is 1. The molecule has 36 heavy (non-hydrogen) atoms. The van der Waals surface area contributed by atoms with Gasteiger partial charge in [-0.05, 0) is 40.1 Å². The lowest BCUT2D eigenvalue weighted by molar-refractivity contribution is -0.138. The third-order valence-corrected chi connectivity index (χ3v) is 14.3. The number of rotatable bonds is 11. The summed E-state index contributed by atoms with van der Waals surface area (Å²) in [4.78, 5) is 11.9. The van der Waals surface area contributed by atoms with Crippen molar-refractivity contribution < 1.29 is 13.6 Å². The van der Waals surface area contributed by atoms with Crippen LogP contribution in [0.4, 0.5) is 0 Å². The summed E-state index contributed by atoms with van der Waals surface area (Å²) in [5, 5.41) is 4.93. The molecule has 0 aliphatic rings. The van der Waals surface area contributed by atoms with E-state index in [1.165, 1.54) is 20.7 Å². The minimum Gasteiger partial charge on any atom is -0.462 e. The zero-order valence-electron chi connectivity index (χ0n) is 20.7.